The van der Waals surface area contributed by atoms with Gasteiger partial charge in [-0.2, -0.15) is 0 Å². The topological polar surface area (TPSA) is 46.2 Å². The first kappa shape index (κ1) is 11.8. The highest BCUT2D eigenvalue weighted by atomic mass is 16.1. The Labute approximate surface area is 101 Å². The van der Waals surface area contributed by atoms with Gasteiger partial charge in [-0.15, -0.1) is 0 Å². The van der Waals surface area contributed by atoms with Crippen molar-refractivity contribution in [3.8, 4) is 0 Å². The van der Waals surface area contributed by atoms with Gasteiger partial charge in [0.1, 0.15) is 0 Å². The molecule has 0 heterocycles. The highest BCUT2D eigenvalue weighted by Gasteiger charge is 2.30. The molecule has 0 spiro atoms. The lowest BCUT2D eigenvalue weighted by atomic mass is 10.1. The number of benzene rings is 1. The molecule has 3 heteroatoms. The van der Waals surface area contributed by atoms with E-state index < -0.39 is 0 Å². The van der Waals surface area contributed by atoms with Crippen LogP contribution in [0.5, 0.6) is 0 Å². The van der Waals surface area contributed by atoms with Gasteiger partial charge in [-0.25, -0.2) is 0 Å². The summed E-state index contributed by atoms with van der Waals surface area (Å²) >= 11 is 0. The fourth-order valence-electron chi connectivity index (χ4n) is 1.75. The molecule has 0 unspecified atom stereocenters. The van der Waals surface area contributed by atoms with E-state index in [-0.39, 0.29) is 17.6 Å². The predicted octanol–water partition coefficient (Wildman–Crippen LogP) is 3.02. The van der Waals surface area contributed by atoms with Crippen molar-refractivity contribution in [3.05, 3.63) is 29.8 Å². The van der Waals surface area contributed by atoms with Crippen molar-refractivity contribution in [2.45, 2.75) is 32.6 Å². The molecule has 1 amide bonds. The molecule has 1 saturated carbocycles. The highest BCUT2D eigenvalue weighted by Crippen LogP contribution is 2.32. The Morgan fingerprint density at radius 1 is 1.24 bits per heavy atom. The van der Waals surface area contributed by atoms with E-state index in [0.717, 1.165) is 30.5 Å². The van der Waals surface area contributed by atoms with E-state index >= 15 is 0 Å². The van der Waals surface area contributed by atoms with E-state index in [4.69, 9.17) is 0 Å². The average Bonchev–Trinajstić information content (AvgIpc) is 3.13. The van der Waals surface area contributed by atoms with Crippen LogP contribution in [0, 0.1) is 5.92 Å². The second kappa shape index (κ2) is 5.13. The molecule has 0 aromatic heterocycles. The molecule has 0 radical (unpaired) electrons. The maximum Gasteiger partial charge on any atom is 0.224 e. The molecule has 1 aliphatic carbocycles. The molecule has 0 saturated heterocycles. The zero-order valence-corrected chi connectivity index (χ0v) is 10.0. The Morgan fingerprint density at radius 2 is 1.88 bits per heavy atom. The molecule has 1 fully saturated rings. The molecule has 1 aromatic carbocycles. The minimum Gasteiger partial charge on any atom is -0.326 e. The van der Waals surface area contributed by atoms with Crippen molar-refractivity contribution in [3.63, 3.8) is 0 Å². The second-order valence-corrected chi connectivity index (χ2v) is 4.51. The molecule has 0 bridgehead atoms. The second-order valence-electron chi connectivity index (χ2n) is 4.51. The molecule has 90 valence electrons. The molecule has 1 aliphatic rings. The van der Waals surface area contributed by atoms with Gasteiger partial charge in [-0.05, 0) is 43.5 Å². The largest absolute Gasteiger partial charge is 0.326 e. The highest BCUT2D eigenvalue weighted by molar-refractivity contribution is 6.00. The first-order chi connectivity index (χ1) is 8.20. The van der Waals surface area contributed by atoms with Crippen molar-refractivity contribution in [1.29, 1.82) is 0 Å². The van der Waals surface area contributed by atoms with Crippen LogP contribution in [0.4, 0.5) is 5.69 Å². The SMILES string of the molecule is CCCC(=O)Nc1ccc(C(=O)C2CC2)cc1. The Morgan fingerprint density at radius 3 is 2.41 bits per heavy atom. The first-order valence-electron chi connectivity index (χ1n) is 6.15. The van der Waals surface area contributed by atoms with Crippen LogP contribution in [0.3, 0.4) is 0 Å². The molecule has 1 aromatic rings. The van der Waals surface area contributed by atoms with Crippen molar-refractivity contribution in [2.75, 3.05) is 5.32 Å². The van der Waals surface area contributed by atoms with E-state index in [9.17, 15) is 9.59 Å². The smallest absolute Gasteiger partial charge is 0.224 e. The van der Waals surface area contributed by atoms with Gasteiger partial charge in [0, 0.05) is 23.6 Å². The molecule has 2 rings (SSSR count). The lowest BCUT2D eigenvalue weighted by molar-refractivity contribution is -0.116. The van der Waals surface area contributed by atoms with E-state index in [0.29, 0.717) is 6.42 Å². The van der Waals surface area contributed by atoms with Crippen molar-refractivity contribution in [1.82, 2.24) is 0 Å². The maximum atomic E-state index is 11.8. The quantitative estimate of drug-likeness (QED) is 0.792. The van der Waals surface area contributed by atoms with Gasteiger partial charge in [-0.3, -0.25) is 9.59 Å². The molecular formula is C14H17NO2. The first-order valence-corrected chi connectivity index (χ1v) is 6.15. The Hall–Kier alpha value is -1.64. The summed E-state index contributed by atoms with van der Waals surface area (Å²) in [5.41, 5.74) is 1.51. The van der Waals surface area contributed by atoms with Crippen LogP contribution in [0.15, 0.2) is 24.3 Å². The third kappa shape index (κ3) is 3.16. The van der Waals surface area contributed by atoms with Crippen LogP contribution in [0.1, 0.15) is 43.0 Å². The minimum atomic E-state index is 0.0220. The number of rotatable bonds is 5. The fraction of sp³-hybridized carbons (Fsp3) is 0.429. The Balaban J connectivity index is 1.97. The van der Waals surface area contributed by atoms with Crippen molar-refractivity contribution < 1.29 is 9.59 Å². The number of hydrogen-bond acceptors (Lipinski definition) is 2. The van der Waals surface area contributed by atoms with E-state index in [2.05, 4.69) is 5.32 Å². The summed E-state index contributed by atoms with van der Waals surface area (Å²) in [6.45, 7) is 1.97. The van der Waals surface area contributed by atoms with Crippen LogP contribution in [-0.4, -0.2) is 11.7 Å². The summed E-state index contributed by atoms with van der Waals surface area (Å²) in [4.78, 5) is 23.1. The summed E-state index contributed by atoms with van der Waals surface area (Å²) in [7, 11) is 0. The van der Waals surface area contributed by atoms with Gasteiger partial charge >= 0.3 is 0 Å². The van der Waals surface area contributed by atoms with Gasteiger partial charge < -0.3 is 5.32 Å². The van der Waals surface area contributed by atoms with Gasteiger partial charge in [-0.1, -0.05) is 6.92 Å². The number of nitrogens with one attached hydrogen (secondary N) is 1. The summed E-state index contributed by atoms with van der Waals surface area (Å²) in [6.07, 6.45) is 3.41. The summed E-state index contributed by atoms with van der Waals surface area (Å²) in [5.74, 6) is 0.501. The van der Waals surface area contributed by atoms with Gasteiger partial charge in [0.2, 0.25) is 5.91 Å². The number of anilines is 1. The predicted molar refractivity (Wildman–Crippen MR) is 67.0 cm³/mol. The van der Waals surface area contributed by atoms with Crippen LogP contribution < -0.4 is 5.32 Å². The van der Waals surface area contributed by atoms with Crippen molar-refractivity contribution in [2.24, 2.45) is 5.92 Å². The molecular weight excluding hydrogens is 214 g/mol. The molecule has 17 heavy (non-hydrogen) atoms. The van der Waals surface area contributed by atoms with E-state index in [1.807, 2.05) is 6.92 Å². The van der Waals surface area contributed by atoms with Crippen LogP contribution >= 0.6 is 0 Å². The number of Topliss-reactive ketones (excluding diaryl/α,β-unsaturated/α-hetero) is 1. The third-order valence-corrected chi connectivity index (χ3v) is 2.88. The van der Waals surface area contributed by atoms with Gasteiger partial charge in [0.25, 0.3) is 0 Å². The molecule has 1 N–H and O–H groups in total. The maximum absolute atomic E-state index is 11.8. The van der Waals surface area contributed by atoms with Crippen LogP contribution in [0.25, 0.3) is 0 Å². The molecule has 0 atom stereocenters. The third-order valence-electron chi connectivity index (χ3n) is 2.88. The lowest BCUT2D eigenvalue weighted by Crippen LogP contribution is -2.10. The van der Waals surface area contributed by atoms with E-state index in [1.165, 1.54) is 0 Å². The molecule has 0 aliphatic heterocycles. The zero-order chi connectivity index (χ0) is 12.3. The lowest BCUT2D eigenvalue weighted by Gasteiger charge is -2.05. The number of carbonyl (C=O) groups excluding carboxylic acids is 2. The summed E-state index contributed by atoms with van der Waals surface area (Å²) in [5, 5.41) is 2.80. The Kier molecular flexibility index (Phi) is 3.57. The van der Waals surface area contributed by atoms with Crippen molar-refractivity contribution >= 4 is 17.4 Å². The normalized spacial score (nSPS) is 14.4. The Bertz CT molecular complexity index is 418. The average molecular weight is 231 g/mol. The zero-order valence-electron chi connectivity index (χ0n) is 10.0. The summed E-state index contributed by atoms with van der Waals surface area (Å²) in [6, 6.07) is 7.18. The monoisotopic (exact) mass is 231 g/mol. The fourth-order valence-corrected chi connectivity index (χ4v) is 1.75. The number of ketones is 1. The van der Waals surface area contributed by atoms with E-state index in [1.54, 1.807) is 24.3 Å². The number of carbonyl (C=O) groups is 2. The molecule has 3 nitrogen and oxygen atoms in total. The van der Waals surface area contributed by atoms with Crippen LogP contribution in [0.2, 0.25) is 0 Å². The van der Waals surface area contributed by atoms with Crippen LogP contribution in [-0.2, 0) is 4.79 Å². The van der Waals surface area contributed by atoms with Gasteiger partial charge in [0.15, 0.2) is 5.78 Å². The summed E-state index contributed by atoms with van der Waals surface area (Å²) < 4.78 is 0. The minimum absolute atomic E-state index is 0.0220. The number of hydrogen-bond donors (Lipinski definition) is 1. The number of amides is 1. The standard InChI is InChI=1S/C14H17NO2/c1-2-3-13(16)15-12-8-6-11(7-9-12)14(17)10-4-5-10/h6-10H,2-5H2,1H3,(H,15,16). The van der Waals surface area contributed by atoms with Gasteiger partial charge in [0.05, 0.1) is 0 Å².